The van der Waals surface area contributed by atoms with E-state index in [1.54, 1.807) is 12.3 Å². The van der Waals surface area contributed by atoms with Crippen LogP contribution in [0.5, 0.6) is 0 Å². The van der Waals surface area contributed by atoms with Crippen molar-refractivity contribution >= 4 is 5.82 Å². The molecule has 5 rings (SSSR count). The van der Waals surface area contributed by atoms with Crippen molar-refractivity contribution in [2.75, 3.05) is 25.4 Å². The van der Waals surface area contributed by atoms with E-state index >= 15 is 0 Å². The van der Waals surface area contributed by atoms with Crippen molar-refractivity contribution in [3.05, 3.63) is 48.3 Å². The lowest BCUT2D eigenvalue weighted by atomic mass is 10.1. The lowest BCUT2D eigenvalue weighted by Gasteiger charge is -2.31. The van der Waals surface area contributed by atoms with Crippen molar-refractivity contribution in [3.8, 4) is 28.3 Å². The van der Waals surface area contributed by atoms with Crippen molar-refractivity contribution < 1.29 is 8.78 Å². The fraction of sp³-hybridized carbons (Fsp3) is 0.364. The predicted molar refractivity (Wildman–Crippen MR) is 121 cm³/mol. The normalized spacial score (nSPS) is 15.1. The van der Waals surface area contributed by atoms with E-state index in [1.807, 2.05) is 10.9 Å². The minimum Gasteiger partial charge on any atom is -0.383 e. The van der Waals surface area contributed by atoms with E-state index in [2.05, 4.69) is 42.6 Å². The molecular formula is C22H24F2N10. The Hall–Kier alpha value is -3.80. The van der Waals surface area contributed by atoms with Crippen LogP contribution in [0.15, 0.2) is 36.7 Å². The van der Waals surface area contributed by atoms with Crippen LogP contribution in [0.1, 0.15) is 32.2 Å². The summed E-state index contributed by atoms with van der Waals surface area (Å²) < 4.78 is 31.2. The second-order valence-corrected chi connectivity index (χ2v) is 8.30. The number of nitrogens with zero attached hydrogens (tertiary/aromatic N) is 9. The van der Waals surface area contributed by atoms with Crippen molar-refractivity contribution in [1.82, 2.24) is 45.1 Å². The van der Waals surface area contributed by atoms with Gasteiger partial charge in [0.05, 0.1) is 17.8 Å². The molecule has 0 unspecified atom stereocenters. The summed E-state index contributed by atoms with van der Waals surface area (Å²) in [5.74, 6) is -1.79. The van der Waals surface area contributed by atoms with Gasteiger partial charge in [0.15, 0.2) is 17.5 Å². The number of halogens is 2. The van der Waals surface area contributed by atoms with E-state index in [-0.39, 0.29) is 17.3 Å². The number of nitrogens with two attached hydrogens (primary N) is 1. The molecule has 1 aliphatic rings. The van der Waals surface area contributed by atoms with E-state index in [9.17, 15) is 8.78 Å². The minimum absolute atomic E-state index is 0.132. The maximum atomic E-state index is 14.4. The summed E-state index contributed by atoms with van der Waals surface area (Å²) >= 11 is 0. The summed E-state index contributed by atoms with van der Waals surface area (Å²) in [5, 5.41) is 20.1. The highest BCUT2D eigenvalue weighted by molar-refractivity contribution is 5.75. The molecule has 1 aliphatic heterocycles. The summed E-state index contributed by atoms with van der Waals surface area (Å²) in [6.45, 7) is 5.40. The van der Waals surface area contributed by atoms with Gasteiger partial charge in [-0.15, -0.1) is 10.2 Å². The van der Waals surface area contributed by atoms with Crippen LogP contribution in [0.3, 0.4) is 0 Å². The summed E-state index contributed by atoms with van der Waals surface area (Å²) in [4.78, 5) is 6.72. The Bertz CT molecular complexity index is 1290. The maximum Gasteiger partial charge on any atom is 0.190 e. The van der Waals surface area contributed by atoms with E-state index < -0.39 is 11.6 Å². The number of likely N-dealkylation sites (tertiary alicyclic amines) is 1. The lowest BCUT2D eigenvalue weighted by molar-refractivity contribution is 0.179. The number of anilines is 1. The molecule has 0 radical (unpaired) electrons. The van der Waals surface area contributed by atoms with Gasteiger partial charge in [0, 0.05) is 24.8 Å². The SMILES string of the molecule is CCCN1CCC(n2cc(-c3cnc(N)c(-c4nnnn4-c4cccc(F)c4F)c3)nn2)CC1. The third-order valence-corrected chi connectivity index (χ3v) is 6.07. The zero-order valence-corrected chi connectivity index (χ0v) is 18.6. The third kappa shape index (κ3) is 4.12. The number of rotatable bonds is 6. The Morgan fingerprint density at radius 1 is 1.12 bits per heavy atom. The van der Waals surface area contributed by atoms with E-state index in [1.165, 1.54) is 12.1 Å². The predicted octanol–water partition coefficient (Wildman–Crippen LogP) is 2.89. The molecule has 4 aromatic rings. The number of benzene rings is 1. The van der Waals surface area contributed by atoms with E-state index in [4.69, 9.17) is 5.73 Å². The Morgan fingerprint density at radius 3 is 2.74 bits per heavy atom. The number of tetrazole rings is 1. The smallest absolute Gasteiger partial charge is 0.190 e. The number of hydrogen-bond acceptors (Lipinski definition) is 8. The highest BCUT2D eigenvalue weighted by atomic mass is 19.2. The number of nitrogen functional groups attached to an aromatic ring is 1. The number of aromatic nitrogens is 8. The van der Waals surface area contributed by atoms with Crippen LogP contribution in [0.4, 0.5) is 14.6 Å². The quantitative estimate of drug-likeness (QED) is 0.461. The van der Waals surface area contributed by atoms with Gasteiger partial charge in [0.1, 0.15) is 17.2 Å². The molecule has 0 atom stereocenters. The zero-order valence-electron chi connectivity index (χ0n) is 18.6. The molecule has 12 heteroatoms. The maximum absolute atomic E-state index is 14.4. The number of hydrogen-bond donors (Lipinski definition) is 1. The average Bonchev–Trinajstić information content (AvgIpc) is 3.52. The van der Waals surface area contributed by atoms with Gasteiger partial charge in [-0.3, -0.25) is 0 Å². The summed E-state index contributed by atoms with van der Waals surface area (Å²) in [6, 6.07) is 5.79. The van der Waals surface area contributed by atoms with Gasteiger partial charge in [0.25, 0.3) is 0 Å². The molecule has 0 aliphatic carbocycles. The minimum atomic E-state index is -1.06. The van der Waals surface area contributed by atoms with Crippen molar-refractivity contribution in [2.45, 2.75) is 32.2 Å². The molecule has 3 aromatic heterocycles. The Balaban J connectivity index is 1.44. The monoisotopic (exact) mass is 466 g/mol. The van der Waals surface area contributed by atoms with Crippen LogP contribution in [0, 0.1) is 11.6 Å². The largest absolute Gasteiger partial charge is 0.383 e. The first-order chi connectivity index (χ1) is 16.5. The Morgan fingerprint density at radius 2 is 1.94 bits per heavy atom. The first-order valence-corrected chi connectivity index (χ1v) is 11.2. The van der Waals surface area contributed by atoms with Crippen molar-refractivity contribution in [1.29, 1.82) is 0 Å². The molecule has 2 N–H and O–H groups in total. The average molecular weight is 467 g/mol. The van der Waals surface area contributed by atoms with Gasteiger partial charge in [-0.1, -0.05) is 18.2 Å². The molecule has 34 heavy (non-hydrogen) atoms. The van der Waals surface area contributed by atoms with Gasteiger partial charge in [0.2, 0.25) is 0 Å². The molecule has 1 fully saturated rings. The lowest BCUT2D eigenvalue weighted by Crippen LogP contribution is -2.35. The molecule has 1 saturated heterocycles. The van der Waals surface area contributed by atoms with Gasteiger partial charge < -0.3 is 10.6 Å². The first kappa shape index (κ1) is 22.0. The fourth-order valence-corrected chi connectivity index (χ4v) is 4.28. The highest BCUT2D eigenvalue weighted by Gasteiger charge is 2.23. The summed E-state index contributed by atoms with van der Waals surface area (Å²) in [6.07, 6.45) is 6.67. The summed E-state index contributed by atoms with van der Waals surface area (Å²) in [7, 11) is 0. The fourth-order valence-electron chi connectivity index (χ4n) is 4.28. The van der Waals surface area contributed by atoms with Crippen LogP contribution < -0.4 is 5.73 Å². The Labute approximate surface area is 194 Å². The van der Waals surface area contributed by atoms with Crippen molar-refractivity contribution in [2.24, 2.45) is 0 Å². The van der Waals surface area contributed by atoms with Gasteiger partial charge in [-0.2, -0.15) is 4.68 Å². The molecule has 176 valence electrons. The zero-order chi connectivity index (χ0) is 23.7. The van der Waals surface area contributed by atoms with E-state index in [0.717, 1.165) is 49.6 Å². The number of piperidine rings is 1. The van der Waals surface area contributed by atoms with E-state index in [0.29, 0.717) is 22.9 Å². The molecule has 10 nitrogen and oxygen atoms in total. The second-order valence-electron chi connectivity index (χ2n) is 8.30. The highest BCUT2D eigenvalue weighted by Crippen LogP contribution is 2.30. The van der Waals surface area contributed by atoms with Crippen LogP contribution in [-0.4, -0.2) is 64.7 Å². The molecule has 0 spiro atoms. The van der Waals surface area contributed by atoms with Crippen LogP contribution in [0.25, 0.3) is 28.3 Å². The van der Waals surface area contributed by atoms with Crippen LogP contribution >= 0.6 is 0 Å². The molecule has 1 aromatic carbocycles. The van der Waals surface area contributed by atoms with Gasteiger partial charge in [-0.25, -0.2) is 18.4 Å². The van der Waals surface area contributed by atoms with Crippen LogP contribution in [0.2, 0.25) is 0 Å². The molecule has 0 bridgehead atoms. The Kier molecular flexibility index (Phi) is 5.97. The van der Waals surface area contributed by atoms with Crippen molar-refractivity contribution in [3.63, 3.8) is 0 Å². The molecular weight excluding hydrogens is 442 g/mol. The molecule has 4 heterocycles. The van der Waals surface area contributed by atoms with Crippen LogP contribution in [-0.2, 0) is 0 Å². The topological polar surface area (TPSA) is 116 Å². The first-order valence-electron chi connectivity index (χ1n) is 11.2. The second kappa shape index (κ2) is 9.21. The summed E-state index contributed by atoms with van der Waals surface area (Å²) in [5.41, 5.74) is 7.62. The standard InChI is InChI=1S/C22H24F2N10/c1-2-8-32-9-6-15(7-10-32)33-13-18(27-30-33)14-11-16(21(25)26-12-14)22-28-29-31-34(22)19-5-3-4-17(23)20(19)24/h3-5,11-13,15H,2,6-10H2,1H3,(H2,25,26). The third-order valence-electron chi connectivity index (χ3n) is 6.07. The van der Waals surface area contributed by atoms with Gasteiger partial charge >= 0.3 is 0 Å². The number of pyridine rings is 1. The molecule has 0 saturated carbocycles. The van der Waals surface area contributed by atoms with Gasteiger partial charge in [-0.05, 0) is 54.4 Å². The molecule has 0 amide bonds.